The highest BCUT2D eigenvalue weighted by Gasteiger charge is 2.18. The quantitative estimate of drug-likeness (QED) is 0.846. The molecule has 1 heterocycles. The van der Waals surface area contributed by atoms with Crippen LogP contribution in [-0.4, -0.2) is 51.1 Å². The molecule has 1 aliphatic rings. The number of ether oxygens (including phenoxy) is 1. The van der Waals surface area contributed by atoms with Crippen LogP contribution in [0, 0.1) is 0 Å². The molecule has 1 aliphatic heterocycles. The van der Waals surface area contributed by atoms with Crippen LogP contribution in [0.15, 0.2) is 18.2 Å². The van der Waals surface area contributed by atoms with Gasteiger partial charge in [-0.1, -0.05) is 23.2 Å². The first kappa shape index (κ1) is 15.9. The van der Waals surface area contributed by atoms with Crippen molar-refractivity contribution in [1.82, 2.24) is 4.90 Å². The van der Waals surface area contributed by atoms with E-state index in [2.05, 4.69) is 4.90 Å². The predicted octanol–water partition coefficient (Wildman–Crippen LogP) is 2.49. The average molecular weight is 338 g/mol. The maximum absolute atomic E-state index is 11.5. The number of halogens is 2. The smallest absolute Gasteiger partial charge is 0.151 e. The monoisotopic (exact) mass is 337 g/mol. The predicted molar refractivity (Wildman–Crippen MR) is 81.7 cm³/mol. The van der Waals surface area contributed by atoms with Crippen molar-refractivity contribution in [3.05, 3.63) is 28.2 Å². The van der Waals surface area contributed by atoms with Crippen LogP contribution >= 0.6 is 23.2 Å². The van der Waals surface area contributed by atoms with Crippen molar-refractivity contribution < 1.29 is 13.2 Å². The highest BCUT2D eigenvalue weighted by atomic mass is 35.5. The zero-order valence-corrected chi connectivity index (χ0v) is 13.3. The normalized spacial score (nSPS) is 19.5. The highest BCUT2D eigenvalue weighted by Crippen LogP contribution is 2.24. The van der Waals surface area contributed by atoms with Crippen molar-refractivity contribution in [1.29, 1.82) is 0 Å². The zero-order valence-electron chi connectivity index (χ0n) is 11.0. The summed E-state index contributed by atoms with van der Waals surface area (Å²) in [6.07, 6.45) is 0.686. The topological polar surface area (TPSA) is 46.6 Å². The summed E-state index contributed by atoms with van der Waals surface area (Å²) in [7, 11) is -2.86. The molecule has 1 aromatic carbocycles. The molecule has 0 aliphatic carbocycles. The second-order valence-electron chi connectivity index (χ2n) is 4.80. The summed E-state index contributed by atoms with van der Waals surface area (Å²) in [4.78, 5) is 2.11. The molecule has 1 aromatic rings. The highest BCUT2D eigenvalue weighted by molar-refractivity contribution is 7.91. The van der Waals surface area contributed by atoms with Gasteiger partial charge in [0.15, 0.2) is 9.84 Å². The minimum Gasteiger partial charge on any atom is -0.492 e. The Labute approximate surface area is 129 Å². The third-order valence-corrected chi connectivity index (χ3v) is 5.31. The molecule has 20 heavy (non-hydrogen) atoms. The van der Waals surface area contributed by atoms with Crippen molar-refractivity contribution in [3.8, 4) is 5.75 Å². The van der Waals surface area contributed by atoms with E-state index < -0.39 is 9.84 Å². The van der Waals surface area contributed by atoms with Gasteiger partial charge in [0.05, 0.1) is 11.5 Å². The largest absolute Gasteiger partial charge is 0.492 e. The summed E-state index contributed by atoms with van der Waals surface area (Å²) in [6, 6.07) is 5.07. The lowest BCUT2D eigenvalue weighted by Crippen LogP contribution is -2.31. The summed E-state index contributed by atoms with van der Waals surface area (Å²) in [5.74, 6) is 1.15. The van der Waals surface area contributed by atoms with Gasteiger partial charge in [-0.05, 0) is 31.2 Å². The van der Waals surface area contributed by atoms with Crippen LogP contribution in [0.5, 0.6) is 5.75 Å². The van der Waals surface area contributed by atoms with E-state index in [-0.39, 0.29) is 11.5 Å². The molecule has 0 amide bonds. The Morgan fingerprint density at radius 3 is 2.50 bits per heavy atom. The minimum absolute atomic E-state index is 0.232. The Morgan fingerprint density at radius 1 is 1.10 bits per heavy atom. The van der Waals surface area contributed by atoms with Crippen LogP contribution in [0.3, 0.4) is 0 Å². The molecule has 0 spiro atoms. The Kier molecular flexibility index (Phi) is 5.55. The second-order valence-corrected chi connectivity index (χ2v) is 7.98. The van der Waals surface area contributed by atoms with E-state index >= 15 is 0 Å². The molecule has 0 aromatic heterocycles. The third-order valence-electron chi connectivity index (χ3n) is 3.16. The standard InChI is InChI=1S/C13H17Cl2NO3S/c14-11-8-12(15)10-13(9-11)19-5-3-16-2-1-6-20(17,18)7-4-16/h8-10H,1-7H2. The first-order valence-electron chi connectivity index (χ1n) is 6.46. The van der Waals surface area contributed by atoms with Crippen molar-refractivity contribution >= 4 is 33.0 Å². The summed E-state index contributed by atoms with van der Waals surface area (Å²) in [5.41, 5.74) is 0. The Bertz CT molecular complexity index is 542. The Morgan fingerprint density at radius 2 is 1.80 bits per heavy atom. The summed E-state index contributed by atoms with van der Waals surface area (Å²) >= 11 is 11.8. The molecule has 0 radical (unpaired) electrons. The molecule has 1 saturated heterocycles. The molecule has 4 nitrogen and oxygen atoms in total. The zero-order chi connectivity index (χ0) is 14.6. The number of nitrogens with zero attached hydrogens (tertiary/aromatic N) is 1. The fraction of sp³-hybridized carbons (Fsp3) is 0.538. The maximum atomic E-state index is 11.5. The van der Waals surface area contributed by atoms with Crippen LogP contribution in [0.1, 0.15) is 6.42 Å². The van der Waals surface area contributed by atoms with Gasteiger partial charge in [-0.15, -0.1) is 0 Å². The van der Waals surface area contributed by atoms with E-state index in [1.54, 1.807) is 18.2 Å². The second kappa shape index (κ2) is 6.98. The van der Waals surface area contributed by atoms with Gasteiger partial charge in [0.25, 0.3) is 0 Å². The van der Waals surface area contributed by atoms with Crippen molar-refractivity contribution in [3.63, 3.8) is 0 Å². The van der Waals surface area contributed by atoms with Crippen LogP contribution in [-0.2, 0) is 9.84 Å². The summed E-state index contributed by atoms with van der Waals surface area (Å²) in [6.45, 7) is 2.54. The van der Waals surface area contributed by atoms with Gasteiger partial charge in [-0.25, -0.2) is 8.42 Å². The van der Waals surface area contributed by atoms with Crippen LogP contribution in [0.4, 0.5) is 0 Å². The Hall–Kier alpha value is -0.490. The molecule has 0 saturated carbocycles. The lowest BCUT2D eigenvalue weighted by Gasteiger charge is -2.19. The molecule has 0 unspecified atom stereocenters. The van der Waals surface area contributed by atoms with Crippen molar-refractivity contribution in [2.45, 2.75) is 6.42 Å². The van der Waals surface area contributed by atoms with Crippen LogP contribution < -0.4 is 4.74 Å². The van der Waals surface area contributed by atoms with E-state index in [9.17, 15) is 8.42 Å². The molecule has 1 fully saturated rings. The molecule has 0 atom stereocenters. The number of hydrogen-bond acceptors (Lipinski definition) is 4. The van der Waals surface area contributed by atoms with Gasteiger partial charge in [0.1, 0.15) is 12.4 Å². The molecule has 0 bridgehead atoms. The van der Waals surface area contributed by atoms with Gasteiger partial charge in [0, 0.05) is 23.1 Å². The molecular weight excluding hydrogens is 321 g/mol. The lowest BCUT2D eigenvalue weighted by molar-refractivity contribution is 0.219. The lowest BCUT2D eigenvalue weighted by atomic mass is 10.3. The number of sulfone groups is 1. The maximum Gasteiger partial charge on any atom is 0.151 e. The minimum atomic E-state index is -2.86. The summed E-state index contributed by atoms with van der Waals surface area (Å²) < 4.78 is 28.6. The van der Waals surface area contributed by atoms with Crippen molar-refractivity contribution in [2.24, 2.45) is 0 Å². The molecule has 7 heteroatoms. The third kappa shape index (κ3) is 5.13. The van der Waals surface area contributed by atoms with E-state index in [4.69, 9.17) is 27.9 Å². The van der Waals surface area contributed by atoms with Crippen molar-refractivity contribution in [2.75, 3.05) is 37.7 Å². The first-order valence-corrected chi connectivity index (χ1v) is 9.04. The van der Waals surface area contributed by atoms with Gasteiger partial charge >= 0.3 is 0 Å². The molecular formula is C13H17Cl2NO3S. The van der Waals surface area contributed by atoms with Gasteiger partial charge in [-0.3, -0.25) is 4.90 Å². The SMILES string of the molecule is O=S1(=O)CCCN(CCOc2cc(Cl)cc(Cl)c2)CC1. The van der Waals surface area contributed by atoms with Crippen LogP contribution in [0.2, 0.25) is 10.0 Å². The van der Waals surface area contributed by atoms with Crippen LogP contribution in [0.25, 0.3) is 0 Å². The van der Waals surface area contributed by atoms with Gasteiger partial charge < -0.3 is 4.74 Å². The molecule has 2 rings (SSSR count). The fourth-order valence-electron chi connectivity index (χ4n) is 2.12. The Balaban J connectivity index is 1.81. The number of benzene rings is 1. The average Bonchev–Trinajstić information content (AvgIpc) is 2.50. The number of rotatable bonds is 4. The summed E-state index contributed by atoms with van der Waals surface area (Å²) in [5, 5.41) is 1.07. The number of hydrogen-bond donors (Lipinski definition) is 0. The van der Waals surface area contributed by atoms with E-state index in [1.807, 2.05) is 0 Å². The van der Waals surface area contributed by atoms with Gasteiger partial charge in [0.2, 0.25) is 0 Å². The van der Waals surface area contributed by atoms with Gasteiger partial charge in [-0.2, -0.15) is 0 Å². The molecule has 112 valence electrons. The van der Waals surface area contributed by atoms with E-state index in [0.29, 0.717) is 41.9 Å². The molecule has 0 N–H and O–H groups in total. The van der Waals surface area contributed by atoms with E-state index in [1.165, 1.54) is 0 Å². The fourth-order valence-corrected chi connectivity index (χ4v) is 3.93. The van der Waals surface area contributed by atoms with E-state index in [0.717, 1.165) is 6.54 Å². The first-order chi connectivity index (χ1) is 9.44.